The van der Waals surface area contributed by atoms with E-state index in [2.05, 4.69) is 10.6 Å². The molecule has 1 aliphatic heterocycles. The summed E-state index contributed by atoms with van der Waals surface area (Å²) in [6.07, 6.45) is 4.02. The highest BCUT2D eigenvalue weighted by molar-refractivity contribution is 8.00. The molecule has 294 valence electrons. The highest BCUT2D eigenvalue weighted by atomic mass is 32.2. The number of hydrogen-bond donors (Lipinski definition) is 4. The molecular formula is C39H46F2N6O7S. The average molecular weight is 781 g/mol. The van der Waals surface area contributed by atoms with Gasteiger partial charge in [0.2, 0.25) is 17.7 Å². The van der Waals surface area contributed by atoms with Crippen molar-refractivity contribution in [2.24, 2.45) is 11.1 Å². The Kier molecular flexibility index (Phi) is 14.9. The van der Waals surface area contributed by atoms with Crippen molar-refractivity contribution in [3.05, 3.63) is 95.8 Å². The summed E-state index contributed by atoms with van der Waals surface area (Å²) in [5.41, 5.74) is 7.47. The van der Waals surface area contributed by atoms with Gasteiger partial charge in [0, 0.05) is 67.0 Å². The van der Waals surface area contributed by atoms with Crippen LogP contribution in [0.4, 0.5) is 8.78 Å². The van der Waals surface area contributed by atoms with E-state index >= 15 is 4.39 Å². The Labute approximate surface area is 322 Å². The Morgan fingerprint density at radius 1 is 0.982 bits per heavy atom. The number of hydrogen-bond acceptors (Lipinski definition) is 8. The van der Waals surface area contributed by atoms with Crippen LogP contribution in [-0.2, 0) is 35.3 Å². The van der Waals surface area contributed by atoms with Gasteiger partial charge in [0.15, 0.2) is 0 Å². The van der Waals surface area contributed by atoms with Gasteiger partial charge >= 0.3 is 5.97 Å². The number of carboxylic acid groups (broad SMARTS) is 1. The lowest BCUT2D eigenvalue weighted by atomic mass is 9.83. The molecular weight excluding hydrogens is 735 g/mol. The lowest BCUT2D eigenvalue weighted by Crippen LogP contribution is -2.45. The van der Waals surface area contributed by atoms with Crippen LogP contribution in [0.2, 0.25) is 0 Å². The van der Waals surface area contributed by atoms with E-state index in [0.717, 1.165) is 52.6 Å². The van der Waals surface area contributed by atoms with Gasteiger partial charge < -0.3 is 30.9 Å². The number of carbonyl (C=O) groups excluding carboxylic acids is 5. The minimum absolute atomic E-state index is 0.0767. The van der Waals surface area contributed by atoms with E-state index in [-0.39, 0.29) is 49.0 Å². The second kappa shape index (κ2) is 19.3. The number of carbonyl (C=O) groups is 6. The minimum atomic E-state index is -1.35. The van der Waals surface area contributed by atoms with Gasteiger partial charge in [-0.15, -0.1) is 11.8 Å². The fourth-order valence-corrected chi connectivity index (χ4v) is 7.08. The number of halogens is 2. The van der Waals surface area contributed by atoms with Crippen LogP contribution in [0.15, 0.2) is 72.9 Å². The van der Waals surface area contributed by atoms with Gasteiger partial charge in [-0.25, -0.2) is 13.6 Å². The van der Waals surface area contributed by atoms with Crippen molar-refractivity contribution in [1.29, 1.82) is 0 Å². The molecule has 0 unspecified atom stereocenters. The highest BCUT2D eigenvalue weighted by Gasteiger charge is 2.37. The molecule has 2 atom stereocenters. The van der Waals surface area contributed by atoms with Crippen molar-refractivity contribution in [2.45, 2.75) is 52.2 Å². The molecule has 55 heavy (non-hydrogen) atoms. The Bertz CT molecular complexity index is 1900. The normalized spacial score (nSPS) is 13.8. The SMILES string of the molecule is CC(C)(C)[C@H](c1cc(-c2cc(F)ccc2F)cn1Cc1ccccc1)N(CCCN)C(=O)CSC[C@H](NC(=O)CCNC(=O)CN1C(=O)C=CC1=O)C(=O)O. The summed E-state index contributed by atoms with van der Waals surface area (Å²) in [6, 6.07) is 12.7. The molecule has 13 nitrogen and oxygen atoms in total. The zero-order valence-corrected chi connectivity index (χ0v) is 31.7. The van der Waals surface area contributed by atoms with Crippen molar-refractivity contribution in [3.8, 4) is 11.1 Å². The topological polar surface area (TPSA) is 184 Å². The molecule has 0 saturated carbocycles. The van der Waals surface area contributed by atoms with Gasteiger partial charge in [0.1, 0.15) is 24.2 Å². The molecule has 2 aromatic carbocycles. The summed E-state index contributed by atoms with van der Waals surface area (Å²) in [7, 11) is 0. The van der Waals surface area contributed by atoms with E-state index in [0.29, 0.717) is 24.2 Å². The van der Waals surface area contributed by atoms with Gasteiger partial charge in [0.25, 0.3) is 11.8 Å². The first kappa shape index (κ1) is 42.4. The third kappa shape index (κ3) is 11.8. The maximum Gasteiger partial charge on any atom is 0.327 e. The molecule has 0 aliphatic carbocycles. The maximum absolute atomic E-state index is 15.1. The fourth-order valence-electron chi connectivity index (χ4n) is 6.16. The Morgan fingerprint density at radius 3 is 2.31 bits per heavy atom. The summed E-state index contributed by atoms with van der Waals surface area (Å²) < 4.78 is 31.3. The molecule has 0 radical (unpaired) electrons. The van der Waals surface area contributed by atoms with Gasteiger partial charge in [-0.1, -0.05) is 51.1 Å². The lowest BCUT2D eigenvalue weighted by molar-refractivity contribution is -0.141. The number of nitrogens with two attached hydrogens (primary N) is 1. The predicted molar refractivity (Wildman–Crippen MR) is 203 cm³/mol. The molecule has 0 fully saturated rings. The summed E-state index contributed by atoms with van der Waals surface area (Å²) in [5.74, 6) is -5.70. The van der Waals surface area contributed by atoms with Gasteiger partial charge in [-0.3, -0.25) is 28.9 Å². The molecule has 0 saturated heterocycles. The van der Waals surface area contributed by atoms with Crippen LogP contribution in [0, 0.1) is 17.0 Å². The number of aliphatic carboxylic acids is 1. The second-order valence-corrected chi connectivity index (χ2v) is 15.1. The van der Waals surface area contributed by atoms with E-state index in [1.807, 2.05) is 55.7 Å². The summed E-state index contributed by atoms with van der Waals surface area (Å²) in [6.45, 7) is 6.16. The standard InChI is InChI=1S/C39H46F2N6O7S/c1-39(2,3)37(31-18-26(28-19-27(40)10-11-29(28)41)21-45(31)20-25-8-5-4-6-9-25)46(17-7-15-42)36(52)24-55-23-30(38(53)54)44-32(48)14-16-43-33(49)22-47-34(50)12-13-35(47)51/h4-6,8-13,18-19,21,30,37H,7,14-17,20,22-24,42H2,1-3H3,(H,43,49)(H,44,48)(H,53,54)/t30-,37-/m0/s1. The Balaban J connectivity index is 1.48. The molecule has 1 aliphatic rings. The number of rotatable bonds is 19. The van der Waals surface area contributed by atoms with Crippen LogP contribution in [-0.4, -0.2) is 98.7 Å². The van der Waals surface area contributed by atoms with Crippen LogP contribution < -0.4 is 16.4 Å². The average Bonchev–Trinajstić information content (AvgIpc) is 3.67. The molecule has 5 amide bonds. The van der Waals surface area contributed by atoms with Crippen molar-refractivity contribution in [3.63, 3.8) is 0 Å². The van der Waals surface area contributed by atoms with Gasteiger partial charge in [0.05, 0.1) is 11.8 Å². The summed E-state index contributed by atoms with van der Waals surface area (Å²) in [4.78, 5) is 76.6. The van der Waals surface area contributed by atoms with E-state index < -0.39 is 65.3 Å². The van der Waals surface area contributed by atoms with Crippen LogP contribution in [0.1, 0.15) is 50.9 Å². The molecule has 0 bridgehead atoms. The number of imide groups is 1. The smallest absolute Gasteiger partial charge is 0.327 e. The van der Waals surface area contributed by atoms with Gasteiger partial charge in [-0.2, -0.15) is 0 Å². The first-order chi connectivity index (χ1) is 26.1. The van der Waals surface area contributed by atoms with Crippen LogP contribution in [0.25, 0.3) is 11.1 Å². The van der Waals surface area contributed by atoms with Crippen LogP contribution in [0.3, 0.4) is 0 Å². The number of benzene rings is 2. The van der Waals surface area contributed by atoms with E-state index in [1.54, 1.807) is 17.2 Å². The first-order valence-electron chi connectivity index (χ1n) is 17.7. The van der Waals surface area contributed by atoms with Crippen LogP contribution >= 0.6 is 11.8 Å². The Morgan fingerprint density at radius 2 is 1.67 bits per heavy atom. The third-order valence-corrected chi connectivity index (χ3v) is 9.74. The van der Waals surface area contributed by atoms with Crippen molar-refractivity contribution in [1.82, 2.24) is 25.0 Å². The van der Waals surface area contributed by atoms with E-state index in [1.165, 1.54) is 0 Å². The molecule has 1 aromatic heterocycles. The molecule has 2 heterocycles. The summed E-state index contributed by atoms with van der Waals surface area (Å²) >= 11 is 1.02. The monoisotopic (exact) mass is 780 g/mol. The number of aromatic nitrogens is 1. The number of nitrogens with one attached hydrogen (secondary N) is 2. The molecule has 5 N–H and O–H groups in total. The number of thioether (sulfide) groups is 1. The molecule has 4 rings (SSSR count). The maximum atomic E-state index is 15.1. The Hall–Kier alpha value is -5.35. The number of amides is 5. The van der Waals surface area contributed by atoms with Crippen molar-refractivity contribution >= 4 is 47.3 Å². The largest absolute Gasteiger partial charge is 0.480 e. The van der Waals surface area contributed by atoms with Crippen molar-refractivity contribution < 1.29 is 42.7 Å². The lowest BCUT2D eigenvalue weighted by Gasteiger charge is -2.41. The quantitative estimate of drug-likeness (QED) is 0.132. The predicted octanol–water partition coefficient (Wildman–Crippen LogP) is 3.48. The molecule has 0 spiro atoms. The fraction of sp³-hybridized carbons (Fsp3) is 0.385. The van der Waals surface area contributed by atoms with E-state index in [4.69, 9.17) is 5.73 Å². The van der Waals surface area contributed by atoms with Crippen LogP contribution in [0.5, 0.6) is 0 Å². The highest BCUT2D eigenvalue weighted by Crippen LogP contribution is 2.41. The minimum Gasteiger partial charge on any atom is -0.480 e. The third-order valence-electron chi connectivity index (χ3n) is 8.72. The zero-order valence-electron chi connectivity index (χ0n) is 30.9. The molecule has 3 aromatic rings. The summed E-state index contributed by atoms with van der Waals surface area (Å²) in [5, 5.41) is 14.7. The number of carboxylic acids is 1. The zero-order chi connectivity index (χ0) is 40.3. The molecule has 16 heteroatoms. The van der Waals surface area contributed by atoms with Crippen molar-refractivity contribution in [2.75, 3.05) is 37.7 Å². The first-order valence-corrected chi connectivity index (χ1v) is 18.8. The van der Waals surface area contributed by atoms with Gasteiger partial charge in [-0.05, 0) is 48.2 Å². The number of nitrogens with zero attached hydrogens (tertiary/aromatic N) is 3. The second-order valence-electron chi connectivity index (χ2n) is 14.1. The van der Waals surface area contributed by atoms with E-state index in [9.17, 15) is 38.3 Å².